The van der Waals surface area contributed by atoms with Crippen molar-refractivity contribution in [2.75, 3.05) is 0 Å². The molecule has 0 amide bonds. The van der Waals surface area contributed by atoms with E-state index in [0.29, 0.717) is 5.41 Å². The predicted octanol–water partition coefficient (Wildman–Crippen LogP) is 5.38. The van der Waals surface area contributed by atoms with Crippen LogP contribution in [-0.2, 0) is 0 Å². The lowest BCUT2D eigenvalue weighted by Gasteiger charge is -2.49. The molecule has 0 aromatic rings. The Balaban J connectivity index is 2.94. The van der Waals surface area contributed by atoms with Gasteiger partial charge in [-0.2, -0.15) is 0 Å². The highest BCUT2D eigenvalue weighted by atomic mass is 14.5. The Kier molecular flexibility index (Phi) is 4.49. The van der Waals surface area contributed by atoms with Crippen LogP contribution in [0.25, 0.3) is 0 Å². The van der Waals surface area contributed by atoms with E-state index < -0.39 is 0 Å². The van der Waals surface area contributed by atoms with Gasteiger partial charge in [-0.1, -0.05) is 54.9 Å². The smallest absolute Gasteiger partial charge is 0.0304 e. The molecule has 1 saturated carbocycles. The zero-order valence-corrected chi connectivity index (χ0v) is 12.5. The van der Waals surface area contributed by atoms with Gasteiger partial charge in [0.1, 0.15) is 0 Å². The fourth-order valence-corrected chi connectivity index (χ4v) is 4.05. The fraction of sp³-hybridized carbons (Fsp3) is 1.00. The Labute approximate surface area is 103 Å². The summed E-state index contributed by atoms with van der Waals surface area (Å²) in [5.74, 6) is 4.51. The molecule has 2 unspecified atom stereocenters. The summed E-state index contributed by atoms with van der Waals surface area (Å²) in [6.45, 7) is 17.0. The van der Waals surface area contributed by atoms with Gasteiger partial charge >= 0.3 is 0 Å². The van der Waals surface area contributed by atoms with E-state index >= 15 is 0 Å². The first-order chi connectivity index (χ1) is 7.25. The summed E-state index contributed by atoms with van der Waals surface area (Å²) in [5, 5.41) is 0. The van der Waals surface area contributed by atoms with E-state index in [4.69, 9.17) is 0 Å². The van der Waals surface area contributed by atoms with Crippen LogP contribution in [0.4, 0.5) is 0 Å². The van der Waals surface area contributed by atoms with Crippen molar-refractivity contribution in [1.82, 2.24) is 0 Å². The summed E-state index contributed by atoms with van der Waals surface area (Å²) in [6, 6.07) is 0. The van der Waals surface area contributed by atoms with Crippen molar-refractivity contribution in [2.24, 2.45) is 35.0 Å². The quantitative estimate of drug-likeness (QED) is 0.591. The lowest BCUT2D eigenvalue weighted by Crippen LogP contribution is -2.41. The van der Waals surface area contributed by atoms with Gasteiger partial charge in [0.15, 0.2) is 0 Å². The van der Waals surface area contributed by atoms with Crippen molar-refractivity contribution in [3.05, 3.63) is 0 Å². The molecule has 0 heterocycles. The van der Waals surface area contributed by atoms with Crippen molar-refractivity contribution in [1.29, 1.82) is 0 Å². The maximum absolute atomic E-state index is 2.45. The summed E-state index contributed by atoms with van der Waals surface area (Å²) < 4.78 is 0. The van der Waals surface area contributed by atoms with Crippen LogP contribution in [0.1, 0.15) is 67.7 Å². The molecule has 0 N–H and O–H groups in total. The minimum Gasteiger partial charge on any atom is -0.0625 e. The monoisotopic (exact) mass is 224 g/mol. The van der Waals surface area contributed by atoms with Crippen molar-refractivity contribution >= 4 is 0 Å². The lowest BCUT2D eigenvalue weighted by molar-refractivity contribution is 0.00198. The van der Waals surface area contributed by atoms with E-state index in [2.05, 4.69) is 48.5 Å². The van der Waals surface area contributed by atoms with E-state index in [1.165, 1.54) is 19.3 Å². The Bertz CT molecular complexity index is 191. The molecular weight excluding hydrogens is 192 g/mol. The highest BCUT2D eigenvalue weighted by Crippen LogP contribution is 2.50. The van der Waals surface area contributed by atoms with Crippen LogP contribution >= 0.6 is 0 Å². The van der Waals surface area contributed by atoms with Crippen LogP contribution < -0.4 is 0 Å². The second kappa shape index (κ2) is 5.10. The first-order valence-corrected chi connectivity index (χ1v) is 7.25. The minimum absolute atomic E-state index is 0.476. The van der Waals surface area contributed by atoms with Crippen molar-refractivity contribution in [3.63, 3.8) is 0 Å². The Morgan fingerprint density at radius 2 is 1.19 bits per heavy atom. The van der Waals surface area contributed by atoms with Crippen LogP contribution in [0.5, 0.6) is 0 Å². The summed E-state index contributed by atoms with van der Waals surface area (Å²) in [7, 11) is 0. The summed E-state index contributed by atoms with van der Waals surface area (Å²) in [6.07, 6.45) is 4.38. The lowest BCUT2D eigenvalue weighted by atomic mass is 9.56. The number of rotatable bonds is 2. The topological polar surface area (TPSA) is 0 Å². The van der Waals surface area contributed by atoms with Crippen molar-refractivity contribution in [3.8, 4) is 0 Å². The molecule has 0 nitrogen and oxygen atoms in total. The first kappa shape index (κ1) is 14.1. The second-order valence-corrected chi connectivity index (χ2v) is 7.64. The molecule has 1 aliphatic carbocycles. The number of hydrogen-bond acceptors (Lipinski definition) is 0. The van der Waals surface area contributed by atoms with Crippen LogP contribution in [0.15, 0.2) is 0 Å². The number of hydrogen-bond donors (Lipinski definition) is 0. The highest BCUT2D eigenvalue weighted by molar-refractivity contribution is 4.91. The summed E-state index contributed by atoms with van der Waals surface area (Å²) >= 11 is 0. The van der Waals surface area contributed by atoms with Crippen LogP contribution in [0.3, 0.4) is 0 Å². The van der Waals surface area contributed by atoms with Gasteiger partial charge in [0.05, 0.1) is 0 Å². The molecule has 96 valence electrons. The Morgan fingerprint density at radius 1 is 0.812 bits per heavy atom. The van der Waals surface area contributed by atoms with Gasteiger partial charge in [0.2, 0.25) is 0 Å². The zero-order chi connectivity index (χ0) is 12.5. The molecular formula is C16H32. The zero-order valence-electron chi connectivity index (χ0n) is 12.5. The van der Waals surface area contributed by atoms with Gasteiger partial charge in [-0.05, 0) is 47.8 Å². The van der Waals surface area contributed by atoms with Gasteiger partial charge in [0, 0.05) is 0 Å². The van der Waals surface area contributed by atoms with Crippen LogP contribution in [0, 0.1) is 35.0 Å². The van der Waals surface area contributed by atoms with E-state index in [1.54, 1.807) is 0 Å². The molecule has 0 aromatic heterocycles. The third kappa shape index (κ3) is 3.02. The molecule has 16 heavy (non-hydrogen) atoms. The first-order valence-electron chi connectivity index (χ1n) is 7.25. The van der Waals surface area contributed by atoms with E-state index in [9.17, 15) is 0 Å². The van der Waals surface area contributed by atoms with Gasteiger partial charge in [-0.15, -0.1) is 0 Å². The van der Waals surface area contributed by atoms with Gasteiger partial charge < -0.3 is 0 Å². The van der Waals surface area contributed by atoms with Crippen LogP contribution in [-0.4, -0.2) is 0 Å². The SMILES string of the molecule is CC(C)C1CCCC(C(C)C)C1C(C)(C)C. The summed E-state index contributed by atoms with van der Waals surface area (Å²) in [4.78, 5) is 0. The minimum atomic E-state index is 0.476. The highest BCUT2D eigenvalue weighted by Gasteiger charge is 2.42. The second-order valence-electron chi connectivity index (χ2n) is 7.64. The molecule has 0 saturated heterocycles. The van der Waals surface area contributed by atoms with Gasteiger partial charge in [-0.3, -0.25) is 0 Å². The Hall–Kier alpha value is 0. The molecule has 0 heteroatoms. The standard InChI is InChI=1S/C16H32/c1-11(2)13-9-8-10-14(12(3)4)15(13)16(5,6)7/h11-15H,8-10H2,1-7H3. The Morgan fingerprint density at radius 3 is 1.44 bits per heavy atom. The largest absolute Gasteiger partial charge is 0.0625 e. The average molecular weight is 224 g/mol. The molecule has 1 rings (SSSR count). The third-order valence-electron chi connectivity index (χ3n) is 4.71. The van der Waals surface area contributed by atoms with E-state index in [1.807, 2.05) is 0 Å². The maximum Gasteiger partial charge on any atom is -0.0304 e. The van der Waals surface area contributed by atoms with Crippen molar-refractivity contribution < 1.29 is 0 Å². The van der Waals surface area contributed by atoms with Gasteiger partial charge in [-0.25, -0.2) is 0 Å². The molecule has 0 aliphatic heterocycles. The fourth-order valence-electron chi connectivity index (χ4n) is 4.05. The molecule has 1 aliphatic rings. The van der Waals surface area contributed by atoms with E-state index in [-0.39, 0.29) is 0 Å². The van der Waals surface area contributed by atoms with Crippen LogP contribution in [0.2, 0.25) is 0 Å². The molecule has 1 fully saturated rings. The molecule has 0 bridgehead atoms. The normalized spacial score (nSPS) is 32.4. The molecule has 0 aromatic carbocycles. The van der Waals surface area contributed by atoms with Crippen molar-refractivity contribution in [2.45, 2.75) is 67.7 Å². The molecule has 2 atom stereocenters. The molecule has 0 spiro atoms. The van der Waals surface area contributed by atoms with Gasteiger partial charge in [0.25, 0.3) is 0 Å². The maximum atomic E-state index is 2.45. The third-order valence-corrected chi connectivity index (χ3v) is 4.71. The average Bonchev–Trinajstić information content (AvgIpc) is 2.15. The molecule has 0 radical (unpaired) electrons. The predicted molar refractivity (Wildman–Crippen MR) is 73.5 cm³/mol. The summed E-state index contributed by atoms with van der Waals surface area (Å²) in [5.41, 5.74) is 0.476. The van der Waals surface area contributed by atoms with E-state index in [0.717, 1.165) is 29.6 Å².